The molecule has 1 amide bonds. The number of alkyl halides is 3. The molecule has 2 aromatic carbocycles. The van der Waals surface area contributed by atoms with Gasteiger partial charge in [0.2, 0.25) is 5.95 Å². The lowest BCUT2D eigenvalue weighted by molar-refractivity contribution is -0.201. The Bertz CT molecular complexity index is 1590. The maximum Gasteiger partial charge on any atom is 0.493 e. The van der Waals surface area contributed by atoms with E-state index in [4.69, 9.17) is 21.2 Å². The summed E-state index contributed by atoms with van der Waals surface area (Å²) >= 11 is 7.06. The summed E-state index contributed by atoms with van der Waals surface area (Å²) in [5.74, 6) is -2.17. The number of rotatable bonds is 7. The summed E-state index contributed by atoms with van der Waals surface area (Å²) in [7, 11) is 5.28. The van der Waals surface area contributed by atoms with Crippen LogP contribution in [-0.2, 0) is 20.9 Å². The fourth-order valence-corrected chi connectivity index (χ4v) is 5.54. The second-order valence-corrected chi connectivity index (χ2v) is 10.6. The van der Waals surface area contributed by atoms with Crippen LogP contribution in [0.2, 0.25) is 5.02 Å². The Morgan fingerprint density at radius 1 is 1.15 bits per heavy atom. The first-order valence-corrected chi connectivity index (χ1v) is 13.1. The van der Waals surface area contributed by atoms with Gasteiger partial charge in [-0.15, -0.1) is 11.3 Å². The average molecular weight is 594 g/mol. The van der Waals surface area contributed by atoms with Gasteiger partial charge in [0.15, 0.2) is 0 Å². The van der Waals surface area contributed by atoms with E-state index in [2.05, 4.69) is 4.98 Å². The summed E-state index contributed by atoms with van der Waals surface area (Å²) < 4.78 is 46.6. The minimum atomic E-state index is -5.23. The van der Waals surface area contributed by atoms with Gasteiger partial charge in [-0.1, -0.05) is 23.7 Å². The molecule has 4 aromatic rings. The van der Waals surface area contributed by atoms with Crippen LogP contribution >= 0.6 is 22.9 Å². The predicted molar refractivity (Wildman–Crippen MR) is 147 cm³/mol. The van der Waals surface area contributed by atoms with Crippen molar-refractivity contribution in [3.05, 3.63) is 58.4 Å². The van der Waals surface area contributed by atoms with Crippen LogP contribution < -0.4 is 14.9 Å². The summed E-state index contributed by atoms with van der Waals surface area (Å²) in [6.07, 6.45) is -5.23. The first-order chi connectivity index (χ1) is 19.0. The molecule has 0 spiro atoms. The summed E-state index contributed by atoms with van der Waals surface area (Å²) in [4.78, 5) is 38.8. The minimum absolute atomic E-state index is 0.0647. The van der Waals surface area contributed by atoms with Gasteiger partial charge in [-0.05, 0) is 42.0 Å². The van der Waals surface area contributed by atoms with Gasteiger partial charge in [0.1, 0.15) is 17.2 Å². The van der Waals surface area contributed by atoms with Gasteiger partial charge in [0, 0.05) is 43.3 Å². The van der Waals surface area contributed by atoms with E-state index in [0.717, 1.165) is 16.4 Å². The molecule has 14 heteroatoms. The van der Waals surface area contributed by atoms with Crippen LogP contribution in [0.5, 0.6) is 0 Å². The average Bonchev–Trinajstić information content (AvgIpc) is 3.51. The quantitative estimate of drug-likeness (QED) is 0.277. The molecular weight excluding hydrogens is 571 g/mol. The number of amides is 1. The van der Waals surface area contributed by atoms with E-state index in [1.54, 1.807) is 49.6 Å². The smallest absolute Gasteiger partial charge is 0.383 e. The monoisotopic (exact) mass is 593 g/mol. The zero-order chi connectivity index (χ0) is 28.8. The second kappa shape index (κ2) is 10.6. The van der Waals surface area contributed by atoms with Crippen molar-refractivity contribution in [2.24, 2.45) is 0 Å². The number of benzene rings is 2. The number of aromatic nitrogens is 2. The Morgan fingerprint density at radius 2 is 1.88 bits per heavy atom. The highest BCUT2D eigenvalue weighted by atomic mass is 35.5. The molecule has 0 saturated carbocycles. The maximum atomic E-state index is 13.7. The zero-order valence-electron chi connectivity index (χ0n) is 21.5. The fraction of sp³-hybridized carbons (Fsp3) is 0.269. The Labute approximate surface area is 235 Å². The third kappa shape index (κ3) is 5.19. The van der Waals surface area contributed by atoms with E-state index in [1.807, 2.05) is 23.6 Å². The molecule has 0 bridgehead atoms. The Morgan fingerprint density at radius 3 is 2.52 bits per heavy atom. The highest BCUT2D eigenvalue weighted by molar-refractivity contribution is 7.18. The van der Waals surface area contributed by atoms with Crippen LogP contribution in [0.25, 0.3) is 21.5 Å². The Hall–Kier alpha value is -3.81. The van der Waals surface area contributed by atoms with Crippen molar-refractivity contribution in [1.29, 1.82) is 0 Å². The highest BCUT2D eigenvalue weighted by Gasteiger charge is 2.45. The molecule has 0 fully saturated rings. The number of anilines is 3. The van der Waals surface area contributed by atoms with E-state index in [1.165, 1.54) is 11.0 Å². The maximum absolute atomic E-state index is 13.7. The van der Waals surface area contributed by atoms with Crippen molar-refractivity contribution in [2.75, 3.05) is 49.3 Å². The molecular formula is C26H23ClF3N5O4S. The lowest BCUT2D eigenvalue weighted by Gasteiger charge is -2.34. The number of hydrogen-bond donors (Lipinski definition) is 0. The van der Waals surface area contributed by atoms with E-state index in [9.17, 15) is 22.8 Å². The number of carbonyl (C=O) groups is 2. The molecule has 1 aliphatic rings. The number of hydrogen-bond acceptors (Lipinski definition) is 8. The van der Waals surface area contributed by atoms with Crippen LogP contribution in [-0.4, -0.2) is 62.1 Å². The predicted octanol–water partition coefficient (Wildman–Crippen LogP) is 5.58. The molecule has 3 heterocycles. The number of methoxy groups -OCH3 is 1. The number of imidazole rings is 1. The van der Waals surface area contributed by atoms with Crippen molar-refractivity contribution in [2.45, 2.75) is 12.7 Å². The number of carbonyl (C=O) groups excluding carboxylic acids is 2. The molecule has 0 aliphatic carbocycles. The molecule has 0 unspecified atom stereocenters. The number of fused-ring (bicyclic) bond motifs is 2. The normalized spacial score (nSPS) is 13.6. The van der Waals surface area contributed by atoms with Crippen molar-refractivity contribution >= 4 is 63.2 Å². The van der Waals surface area contributed by atoms with Crippen LogP contribution in [0.4, 0.5) is 30.5 Å². The van der Waals surface area contributed by atoms with Gasteiger partial charge in [-0.2, -0.15) is 18.2 Å². The van der Waals surface area contributed by atoms with Crippen LogP contribution in [0.15, 0.2) is 48.5 Å². The van der Waals surface area contributed by atoms with Gasteiger partial charge in [0.25, 0.3) is 5.91 Å². The van der Waals surface area contributed by atoms with Gasteiger partial charge < -0.3 is 19.0 Å². The lowest BCUT2D eigenvalue weighted by atomic mass is 10.1. The van der Waals surface area contributed by atoms with Gasteiger partial charge in [-0.3, -0.25) is 9.69 Å². The molecule has 2 aromatic heterocycles. The standard InChI is InChI=1S/C26H23ClF3N5O4S/c1-32(2)25-31-18-9-8-17(12-19(18)33(25)10-11-38-3)34-14-35(39-24(37)26(28,29)30)20-13-21(40-22(20)23(34)36)15-4-6-16(27)7-5-15/h4-9,12-13H,10-11,14H2,1-3H3. The minimum Gasteiger partial charge on any atom is -0.383 e. The lowest BCUT2D eigenvalue weighted by Crippen LogP contribution is -2.48. The summed E-state index contributed by atoms with van der Waals surface area (Å²) in [5.41, 5.74) is 2.51. The number of thiophene rings is 1. The van der Waals surface area contributed by atoms with Crippen molar-refractivity contribution in [3.8, 4) is 10.4 Å². The SMILES string of the molecule is COCCn1c(N(C)C)nc2ccc(N3CN(OC(=O)C(F)(F)F)c4cc(-c5ccc(Cl)cc5)sc4C3=O)cc21. The molecule has 5 rings (SSSR count). The third-order valence-electron chi connectivity index (χ3n) is 6.19. The third-order valence-corrected chi connectivity index (χ3v) is 7.60. The number of nitrogens with zero attached hydrogens (tertiary/aromatic N) is 5. The molecule has 0 radical (unpaired) electrons. The summed E-state index contributed by atoms with van der Waals surface area (Å²) in [5, 5.41) is 1.30. The van der Waals surface area contributed by atoms with Gasteiger partial charge in [-0.25, -0.2) is 9.78 Å². The Kier molecular flexibility index (Phi) is 7.38. The zero-order valence-corrected chi connectivity index (χ0v) is 23.1. The van der Waals surface area contributed by atoms with E-state index < -0.39 is 24.7 Å². The van der Waals surface area contributed by atoms with Crippen LogP contribution in [0.1, 0.15) is 9.67 Å². The molecule has 40 heavy (non-hydrogen) atoms. The molecule has 0 N–H and O–H groups in total. The summed E-state index contributed by atoms with van der Waals surface area (Å²) in [6, 6.07) is 13.4. The van der Waals surface area contributed by atoms with E-state index in [-0.39, 0.29) is 10.6 Å². The fourth-order valence-electron chi connectivity index (χ4n) is 4.31. The van der Waals surface area contributed by atoms with Gasteiger partial charge in [0.05, 0.1) is 17.6 Å². The molecule has 0 saturated heterocycles. The highest BCUT2D eigenvalue weighted by Crippen LogP contribution is 2.42. The summed E-state index contributed by atoms with van der Waals surface area (Å²) in [6.45, 7) is 0.432. The topological polar surface area (TPSA) is 80.1 Å². The van der Waals surface area contributed by atoms with Crippen LogP contribution in [0, 0.1) is 0 Å². The molecule has 9 nitrogen and oxygen atoms in total. The van der Waals surface area contributed by atoms with E-state index in [0.29, 0.717) is 51.3 Å². The van der Waals surface area contributed by atoms with Crippen molar-refractivity contribution in [3.63, 3.8) is 0 Å². The Balaban J connectivity index is 1.59. The number of ether oxygens (including phenoxy) is 1. The molecule has 1 aliphatic heterocycles. The molecule has 210 valence electrons. The number of halogens is 4. The first kappa shape index (κ1) is 27.7. The number of hydroxylamine groups is 1. The molecule has 0 atom stereocenters. The van der Waals surface area contributed by atoms with E-state index >= 15 is 0 Å². The second-order valence-electron chi connectivity index (χ2n) is 9.09. The van der Waals surface area contributed by atoms with Gasteiger partial charge >= 0.3 is 12.1 Å². The largest absolute Gasteiger partial charge is 0.493 e. The first-order valence-electron chi connectivity index (χ1n) is 11.9. The van der Waals surface area contributed by atoms with Crippen LogP contribution in [0.3, 0.4) is 0 Å². The van der Waals surface area contributed by atoms with Crippen molar-refractivity contribution in [1.82, 2.24) is 9.55 Å². The van der Waals surface area contributed by atoms with Crippen molar-refractivity contribution < 1.29 is 32.3 Å².